The molecule has 1 N–H and O–H groups in total. The molecule has 2 atom stereocenters. The van der Waals surface area contributed by atoms with E-state index in [1.807, 2.05) is 0 Å². The second kappa shape index (κ2) is 8.21. The molecule has 2 unspecified atom stereocenters. The first-order valence-electron chi connectivity index (χ1n) is 7.82. The summed E-state index contributed by atoms with van der Waals surface area (Å²) >= 11 is 4.29. The van der Waals surface area contributed by atoms with Gasteiger partial charge in [0.2, 0.25) is 0 Å². The zero-order valence-electron chi connectivity index (χ0n) is 13.2. The van der Waals surface area contributed by atoms with E-state index in [0.29, 0.717) is 16.3 Å². The number of nitrogens with zero attached hydrogens (tertiary/aromatic N) is 1. The normalized spacial score (nSPS) is 21.4. The van der Waals surface area contributed by atoms with E-state index in [2.05, 4.69) is 35.1 Å². The van der Waals surface area contributed by atoms with Crippen LogP contribution in [0.4, 0.5) is 5.69 Å². The van der Waals surface area contributed by atoms with Gasteiger partial charge in [-0.05, 0) is 34.7 Å². The van der Waals surface area contributed by atoms with Crippen molar-refractivity contribution in [2.45, 2.75) is 51.7 Å². The summed E-state index contributed by atoms with van der Waals surface area (Å²) < 4.78 is 6.42. The quantitative estimate of drug-likeness (QED) is 0.570. The van der Waals surface area contributed by atoms with E-state index >= 15 is 0 Å². The first-order valence-corrected chi connectivity index (χ1v) is 9.43. The molecule has 0 bridgehead atoms. The molecule has 0 aliphatic carbocycles. The Balaban J connectivity index is 2.04. The summed E-state index contributed by atoms with van der Waals surface area (Å²) in [6.07, 6.45) is 3.74. The van der Waals surface area contributed by atoms with Gasteiger partial charge in [-0.25, -0.2) is 0 Å². The third-order valence-corrected chi connectivity index (χ3v) is 5.94. The predicted octanol–water partition coefficient (Wildman–Crippen LogP) is 4.13. The topological polar surface area (TPSA) is 81.5 Å². The van der Waals surface area contributed by atoms with Gasteiger partial charge in [0.1, 0.15) is 0 Å². The van der Waals surface area contributed by atoms with E-state index in [-0.39, 0.29) is 28.6 Å². The monoisotopic (exact) mass is 404 g/mol. The fourth-order valence-corrected chi connectivity index (χ4v) is 4.46. The molecule has 0 saturated carbocycles. The van der Waals surface area contributed by atoms with Gasteiger partial charge < -0.3 is 10.1 Å². The first kappa shape index (κ1) is 18.4. The number of carbonyl (C=O) groups excluding carboxylic acids is 1. The molecule has 128 valence electrons. The zero-order valence-corrected chi connectivity index (χ0v) is 15.6. The molecule has 1 aromatic rings. The van der Waals surface area contributed by atoms with Crippen LogP contribution in [0.2, 0.25) is 0 Å². The molecule has 8 heteroatoms. The van der Waals surface area contributed by atoms with Crippen molar-refractivity contribution in [3.05, 3.63) is 24.8 Å². The Labute approximate surface area is 147 Å². The van der Waals surface area contributed by atoms with Crippen LogP contribution in [0.3, 0.4) is 0 Å². The molecule has 23 heavy (non-hydrogen) atoms. The number of rotatable bonds is 6. The van der Waals surface area contributed by atoms with Crippen molar-refractivity contribution in [1.82, 2.24) is 5.32 Å². The van der Waals surface area contributed by atoms with Gasteiger partial charge >= 0.3 is 0 Å². The third kappa shape index (κ3) is 4.51. The number of carbonyl (C=O) groups is 1. The fourth-order valence-electron chi connectivity index (χ4n) is 3.00. The molecule has 2 rings (SSSR count). The van der Waals surface area contributed by atoms with Crippen molar-refractivity contribution in [2.24, 2.45) is 5.92 Å². The van der Waals surface area contributed by atoms with Crippen molar-refractivity contribution in [3.8, 4) is 0 Å². The highest BCUT2D eigenvalue weighted by Gasteiger charge is 2.31. The molecule has 0 spiro atoms. The van der Waals surface area contributed by atoms with Crippen molar-refractivity contribution in [3.63, 3.8) is 0 Å². The minimum absolute atomic E-state index is 0.00216. The van der Waals surface area contributed by atoms with Crippen LogP contribution in [0.1, 0.15) is 49.2 Å². The second-order valence-electron chi connectivity index (χ2n) is 5.70. The number of amides is 1. The lowest BCUT2D eigenvalue weighted by molar-refractivity contribution is -0.384. The summed E-state index contributed by atoms with van der Waals surface area (Å²) in [6.45, 7) is 4.90. The van der Waals surface area contributed by atoms with Crippen LogP contribution in [-0.2, 0) is 4.74 Å². The lowest BCUT2D eigenvalue weighted by Gasteiger charge is -2.34. The Bertz CT molecular complexity index is 574. The average Bonchev–Trinajstić information content (AvgIpc) is 2.91. The number of hydrogen-bond acceptors (Lipinski definition) is 5. The maximum atomic E-state index is 12.4. The molecular weight excluding hydrogens is 384 g/mol. The van der Waals surface area contributed by atoms with Gasteiger partial charge in [0, 0.05) is 18.7 Å². The number of thiophene rings is 1. The highest BCUT2D eigenvalue weighted by molar-refractivity contribution is 9.11. The maximum Gasteiger partial charge on any atom is 0.294 e. The zero-order chi connectivity index (χ0) is 17.0. The summed E-state index contributed by atoms with van der Waals surface area (Å²) in [6, 6.07) is 1.37. The van der Waals surface area contributed by atoms with Crippen LogP contribution >= 0.6 is 27.3 Å². The first-order chi connectivity index (χ1) is 11.0. The third-order valence-electron chi connectivity index (χ3n) is 4.31. The molecule has 1 aromatic heterocycles. The molecule has 1 saturated heterocycles. The fraction of sp³-hybridized carbons (Fsp3) is 0.667. The summed E-state index contributed by atoms with van der Waals surface area (Å²) in [4.78, 5) is 23.1. The molecule has 2 heterocycles. The predicted molar refractivity (Wildman–Crippen MR) is 93.0 cm³/mol. The largest absolute Gasteiger partial charge is 0.378 e. The minimum atomic E-state index is -0.521. The van der Waals surface area contributed by atoms with Gasteiger partial charge in [-0.1, -0.05) is 26.7 Å². The molecule has 1 aliphatic rings. The van der Waals surface area contributed by atoms with Gasteiger partial charge in [-0.2, -0.15) is 0 Å². The van der Waals surface area contributed by atoms with Gasteiger partial charge in [0.15, 0.2) is 4.88 Å². The van der Waals surface area contributed by atoms with Crippen LogP contribution < -0.4 is 5.32 Å². The Morgan fingerprint density at radius 2 is 2.26 bits per heavy atom. The minimum Gasteiger partial charge on any atom is -0.378 e. The van der Waals surface area contributed by atoms with Gasteiger partial charge in [-0.3, -0.25) is 14.9 Å². The summed E-state index contributed by atoms with van der Waals surface area (Å²) in [5, 5.41) is 14.0. The summed E-state index contributed by atoms with van der Waals surface area (Å²) in [5.74, 6) is 0.113. The van der Waals surface area contributed by atoms with Crippen molar-refractivity contribution < 1.29 is 14.5 Å². The van der Waals surface area contributed by atoms with Crippen LogP contribution in [0, 0.1) is 16.0 Å². The number of hydrogen-bond donors (Lipinski definition) is 1. The molecular formula is C15H21BrN2O4S. The highest BCUT2D eigenvalue weighted by atomic mass is 79.9. The van der Waals surface area contributed by atoms with E-state index in [9.17, 15) is 14.9 Å². The van der Waals surface area contributed by atoms with E-state index in [1.165, 1.54) is 6.07 Å². The smallest absolute Gasteiger partial charge is 0.294 e. The van der Waals surface area contributed by atoms with Crippen LogP contribution in [0.5, 0.6) is 0 Å². The lowest BCUT2D eigenvalue weighted by atomic mass is 9.89. The Kier molecular flexibility index (Phi) is 6.55. The van der Waals surface area contributed by atoms with E-state index in [1.54, 1.807) is 0 Å². The molecule has 6 nitrogen and oxygen atoms in total. The SMILES string of the molecule is CCC(CC)C1CC(NC(=O)c2sc(Br)cc2[N+](=O)[O-])CCO1. The van der Waals surface area contributed by atoms with Crippen molar-refractivity contribution >= 4 is 38.9 Å². The lowest BCUT2D eigenvalue weighted by Crippen LogP contribution is -2.44. The number of nitro groups is 1. The number of ether oxygens (including phenoxy) is 1. The van der Waals surface area contributed by atoms with Crippen LogP contribution in [0.15, 0.2) is 9.85 Å². The molecule has 1 amide bonds. The summed E-state index contributed by atoms with van der Waals surface area (Å²) in [5.41, 5.74) is -0.150. The highest BCUT2D eigenvalue weighted by Crippen LogP contribution is 2.33. The number of halogens is 1. The second-order valence-corrected chi connectivity index (χ2v) is 8.13. The van der Waals surface area contributed by atoms with Crippen molar-refractivity contribution in [2.75, 3.05) is 6.61 Å². The summed E-state index contributed by atoms with van der Waals surface area (Å²) in [7, 11) is 0. The van der Waals surface area contributed by atoms with Gasteiger partial charge in [-0.15, -0.1) is 11.3 Å². The van der Waals surface area contributed by atoms with E-state index in [4.69, 9.17) is 4.74 Å². The van der Waals surface area contributed by atoms with Crippen LogP contribution in [0.25, 0.3) is 0 Å². The molecule has 0 radical (unpaired) electrons. The average molecular weight is 405 g/mol. The van der Waals surface area contributed by atoms with Crippen LogP contribution in [-0.4, -0.2) is 29.6 Å². The van der Waals surface area contributed by atoms with Gasteiger partial charge in [0.25, 0.3) is 11.6 Å². The Morgan fingerprint density at radius 1 is 1.57 bits per heavy atom. The number of nitrogens with one attached hydrogen (secondary N) is 1. The standard InChI is InChI=1S/C15H21BrN2O4S/c1-3-9(4-2)12-7-10(5-6-22-12)17-15(19)14-11(18(20)21)8-13(16)23-14/h8-10,12H,3-7H2,1-2H3,(H,17,19). The maximum absolute atomic E-state index is 12.4. The molecule has 1 aliphatic heterocycles. The molecule has 0 aromatic carbocycles. The molecule has 1 fully saturated rings. The van der Waals surface area contributed by atoms with Crippen molar-refractivity contribution in [1.29, 1.82) is 0 Å². The van der Waals surface area contributed by atoms with E-state index < -0.39 is 4.92 Å². The van der Waals surface area contributed by atoms with E-state index in [0.717, 1.165) is 37.0 Å². The Morgan fingerprint density at radius 3 is 2.87 bits per heavy atom. The Hall–Kier alpha value is -0.990. The van der Waals surface area contributed by atoms with Gasteiger partial charge in [0.05, 0.1) is 14.8 Å².